The maximum Gasteiger partial charge on any atom is 0.224 e. The Morgan fingerprint density at radius 1 is 1.44 bits per heavy atom. The Balaban J connectivity index is 2.22. The fourth-order valence-corrected chi connectivity index (χ4v) is 3.29. The van der Waals surface area contributed by atoms with E-state index in [4.69, 9.17) is 0 Å². The number of nitrogens with one attached hydrogen (secondary N) is 1. The van der Waals surface area contributed by atoms with Crippen molar-refractivity contribution < 1.29 is 4.79 Å². The fraction of sp³-hybridized carbons (Fsp3) is 0.462. The molecule has 1 heterocycles. The highest BCUT2D eigenvalue weighted by molar-refractivity contribution is 8.00. The minimum absolute atomic E-state index is 0.147. The molecule has 0 saturated carbocycles. The van der Waals surface area contributed by atoms with Gasteiger partial charge in [0.15, 0.2) is 0 Å². The van der Waals surface area contributed by atoms with Crippen LogP contribution in [0.1, 0.15) is 32.6 Å². The van der Waals surface area contributed by atoms with Crippen LogP contribution in [0.4, 0.5) is 5.69 Å². The first kappa shape index (κ1) is 11.5. The van der Waals surface area contributed by atoms with Crippen LogP contribution >= 0.6 is 11.8 Å². The van der Waals surface area contributed by atoms with Crippen molar-refractivity contribution in [2.45, 2.75) is 42.8 Å². The fourth-order valence-electron chi connectivity index (χ4n) is 1.94. The lowest BCUT2D eigenvalue weighted by molar-refractivity contribution is -0.116. The van der Waals surface area contributed by atoms with Crippen LogP contribution in [0, 0.1) is 0 Å². The summed E-state index contributed by atoms with van der Waals surface area (Å²) in [6, 6.07) is 8.07. The predicted octanol–water partition coefficient (Wildman–Crippen LogP) is 3.68. The molecule has 0 radical (unpaired) electrons. The molecule has 3 heteroatoms. The highest BCUT2D eigenvalue weighted by Crippen LogP contribution is 2.36. The molecule has 2 nitrogen and oxygen atoms in total. The maximum atomic E-state index is 11.6. The molecular formula is C13H17NOS. The number of anilines is 1. The van der Waals surface area contributed by atoms with Crippen molar-refractivity contribution in [2.75, 3.05) is 5.32 Å². The predicted molar refractivity (Wildman–Crippen MR) is 68.9 cm³/mol. The summed E-state index contributed by atoms with van der Waals surface area (Å²) >= 11 is 1.90. The lowest BCUT2D eigenvalue weighted by atomic mass is 10.1. The molecule has 1 aliphatic rings. The molecule has 0 fully saturated rings. The summed E-state index contributed by atoms with van der Waals surface area (Å²) in [5, 5.41) is 3.55. The molecule has 0 spiro atoms. The largest absolute Gasteiger partial charge is 0.325 e. The first-order chi connectivity index (χ1) is 7.79. The summed E-state index contributed by atoms with van der Waals surface area (Å²) in [6.45, 7) is 2.20. The van der Waals surface area contributed by atoms with Crippen molar-refractivity contribution in [3.8, 4) is 0 Å². The monoisotopic (exact) mass is 235 g/mol. The van der Waals surface area contributed by atoms with Crippen LogP contribution in [0.5, 0.6) is 0 Å². The maximum absolute atomic E-state index is 11.6. The highest BCUT2D eigenvalue weighted by atomic mass is 32.2. The first-order valence-corrected chi connectivity index (χ1v) is 6.73. The number of hydrogen-bond donors (Lipinski definition) is 1. The molecule has 0 aromatic heterocycles. The van der Waals surface area contributed by atoms with E-state index in [1.165, 1.54) is 17.7 Å². The van der Waals surface area contributed by atoms with Crippen molar-refractivity contribution in [3.63, 3.8) is 0 Å². The molecule has 86 valence electrons. The van der Waals surface area contributed by atoms with Gasteiger partial charge in [-0.25, -0.2) is 0 Å². The van der Waals surface area contributed by atoms with Gasteiger partial charge in [0, 0.05) is 16.6 Å². The third kappa shape index (κ3) is 2.79. The summed E-state index contributed by atoms with van der Waals surface area (Å²) in [5.74, 6) is 0.147. The topological polar surface area (TPSA) is 29.1 Å². The van der Waals surface area contributed by atoms with Gasteiger partial charge >= 0.3 is 0 Å². The third-order valence-electron chi connectivity index (χ3n) is 2.76. The van der Waals surface area contributed by atoms with E-state index in [2.05, 4.69) is 18.3 Å². The number of rotatable bonds is 2. The lowest BCUT2D eigenvalue weighted by Gasteiger charge is -2.21. The smallest absolute Gasteiger partial charge is 0.224 e. The summed E-state index contributed by atoms with van der Waals surface area (Å²) in [4.78, 5) is 12.8. The minimum atomic E-state index is 0.147. The second kappa shape index (κ2) is 5.39. The van der Waals surface area contributed by atoms with E-state index >= 15 is 0 Å². The number of carbonyl (C=O) groups excluding carboxylic acids is 1. The Bertz CT molecular complexity index is 378. The molecule has 1 amide bonds. The van der Waals surface area contributed by atoms with Gasteiger partial charge in [0.05, 0.1) is 5.69 Å². The van der Waals surface area contributed by atoms with Gasteiger partial charge in [0.25, 0.3) is 0 Å². The summed E-state index contributed by atoms with van der Waals surface area (Å²) in [6.07, 6.45) is 4.00. The summed E-state index contributed by atoms with van der Waals surface area (Å²) < 4.78 is 0. The average molecular weight is 235 g/mol. The van der Waals surface area contributed by atoms with Crippen LogP contribution in [0.25, 0.3) is 0 Å². The molecule has 1 aromatic rings. The third-order valence-corrected chi connectivity index (χ3v) is 4.17. The van der Waals surface area contributed by atoms with Gasteiger partial charge in [-0.15, -0.1) is 11.8 Å². The van der Waals surface area contributed by atoms with Gasteiger partial charge in [0.1, 0.15) is 0 Å². The molecule has 1 unspecified atom stereocenters. The average Bonchev–Trinajstić information content (AvgIpc) is 2.26. The van der Waals surface area contributed by atoms with E-state index in [-0.39, 0.29) is 5.91 Å². The number of hydrogen-bond acceptors (Lipinski definition) is 2. The van der Waals surface area contributed by atoms with Gasteiger partial charge < -0.3 is 5.32 Å². The number of para-hydroxylation sites is 1. The van der Waals surface area contributed by atoms with Crippen molar-refractivity contribution >= 4 is 23.4 Å². The van der Waals surface area contributed by atoms with Crippen LogP contribution in [-0.4, -0.2) is 11.2 Å². The Kier molecular flexibility index (Phi) is 3.88. The Labute approximate surface area is 101 Å². The number of amides is 1. The zero-order valence-corrected chi connectivity index (χ0v) is 10.3. The molecule has 2 rings (SSSR count). The SMILES string of the molecule is CCCC1CCC(=O)Nc2ccccc2S1. The van der Waals surface area contributed by atoms with Crippen molar-refractivity contribution in [1.82, 2.24) is 0 Å². The van der Waals surface area contributed by atoms with Gasteiger partial charge in [-0.3, -0.25) is 4.79 Å². The number of thioether (sulfide) groups is 1. The Hall–Kier alpha value is -0.960. The van der Waals surface area contributed by atoms with E-state index in [0.29, 0.717) is 11.7 Å². The summed E-state index contributed by atoms with van der Waals surface area (Å²) in [5.41, 5.74) is 0.971. The summed E-state index contributed by atoms with van der Waals surface area (Å²) in [7, 11) is 0. The molecule has 1 atom stereocenters. The molecule has 1 N–H and O–H groups in total. The van der Waals surface area contributed by atoms with E-state index in [0.717, 1.165) is 12.1 Å². The van der Waals surface area contributed by atoms with Crippen LogP contribution in [0.3, 0.4) is 0 Å². The zero-order chi connectivity index (χ0) is 11.4. The van der Waals surface area contributed by atoms with Crippen LogP contribution in [0.2, 0.25) is 0 Å². The number of fused-ring (bicyclic) bond motifs is 1. The lowest BCUT2D eigenvalue weighted by Crippen LogP contribution is -2.17. The van der Waals surface area contributed by atoms with E-state index < -0.39 is 0 Å². The van der Waals surface area contributed by atoms with Crippen molar-refractivity contribution in [3.05, 3.63) is 24.3 Å². The Morgan fingerprint density at radius 2 is 2.25 bits per heavy atom. The zero-order valence-electron chi connectivity index (χ0n) is 9.53. The molecule has 0 bridgehead atoms. The molecular weight excluding hydrogens is 218 g/mol. The molecule has 1 aromatic carbocycles. The van der Waals surface area contributed by atoms with Crippen LogP contribution in [0.15, 0.2) is 29.2 Å². The molecule has 0 saturated heterocycles. The van der Waals surface area contributed by atoms with E-state index in [9.17, 15) is 4.79 Å². The van der Waals surface area contributed by atoms with Crippen molar-refractivity contribution in [2.24, 2.45) is 0 Å². The van der Waals surface area contributed by atoms with Crippen molar-refractivity contribution in [1.29, 1.82) is 0 Å². The van der Waals surface area contributed by atoms with E-state index in [1.807, 2.05) is 30.0 Å². The van der Waals surface area contributed by atoms with Crippen LogP contribution < -0.4 is 5.32 Å². The number of benzene rings is 1. The Morgan fingerprint density at radius 3 is 3.06 bits per heavy atom. The van der Waals surface area contributed by atoms with Crippen LogP contribution in [-0.2, 0) is 4.79 Å². The van der Waals surface area contributed by atoms with Gasteiger partial charge in [-0.2, -0.15) is 0 Å². The normalized spacial score (nSPS) is 20.6. The van der Waals surface area contributed by atoms with Gasteiger partial charge in [-0.05, 0) is 25.0 Å². The second-order valence-electron chi connectivity index (χ2n) is 4.11. The van der Waals surface area contributed by atoms with Gasteiger partial charge in [0.2, 0.25) is 5.91 Å². The minimum Gasteiger partial charge on any atom is -0.325 e. The molecule has 0 aliphatic carbocycles. The number of carbonyl (C=O) groups is 1. The van der Waals surface area contributed by atoms with E-state index in [1.54, 1.807) is 0 Å². The second-order valence-corrected chi connectivity index (χ2v) is 5.45. The first-order valence-electron chi connectivity index (χ1n) is 5.85. The quantitative estimate of drug-likeness (QED) is 0.847. The molecule has 16 heavy (non-hydrogen) atoms. The van der Waals surface area contributed by atoms with Gasteiger partial charge in [-0.1, -0.05) is 25.5 Å². The molecule has 1 aliphatic heterocycles. The highest BCUT2D eigenvalue weighted by Gasteiger charge is 2.18. The standard InChI is InChI=1S/C13H17NOS/c1-2-5-10-8-9-13(15)14-11-6-3-4-7-12(11)16-10/h3-4,6-7,10H,2,5,8-9H2,1H3,(H,14,15).